The largest absolute Gasteiger partial charge is 0.375 e. The number of likely N-dealkylation sites (tertiary alicyclic amines) is 1. The van der Waals surface area contributed by atoms with Crippen LogP contribution >= 0.6 is 12.4 Å². The standard InChI is InChI=1S/C15H27N3O3.ClH/c1-10(2)14(19)17-12-4-7-18(8-5-12)15(20)13-11(3)21-9-6-16-13;/h10-13,16H,4-9H2,1-3H3,(H,17,19);1H/t11-,13+;/m1./s1. The molecule has 2 fully saturated rings. The molecule has 2 saturated heterocycles. The second-order valence-corrected chi connectivity index (χ2v) is 6.27. The van der Waals surface area contributed by atoms with E-state index in [1.807, 2.05) is 25.7 Å². The maximum atomic E-state index is 12.5. The number of hydrogen-bond donors (Lipinski definition) is 2. The fourth-order valence-corrected chi connectivity index (χ4v) is 2.82. The summed E-state index contributed by atoms with van der Waals surface area (Å²) in [6, 6.07) is -0.0440. The number of carbonyl (C=O) groups is 2. The molecule has 0 unspecified atom stereocenters. The van der Waals surface area contributed by atoms with Crippen molar-refractivity contribution in [3.05, 3.63) is 0 Å². The Labute approximate surface area is 138 Å². The van der Waals surface area contributed by atoms with Crippen molar-refractivity contribution in [3.63, 3.8) is 0 Å². The quantitative estimate of drug-likeness (QED) is 0.791. The molecule has 0 spiro atoms. The minimum Gasteiger partial charge on any atom is -0.375 e. The molecule has 0 saturated carbocycles. The number of rotatable bonds is 3. The van der Waals surface area contributed by atoms with Gasteiger partial charge in [0.25, 0.3) is 0 Å². The van der Waals surface area contributed by atoms with Gasteiger partial charge in [0, 0.05) is 31.6 Å². The minimum absolute atomic E-state index is 0. The Hall–Kier alpha value is -0.850. The fraction of sp³-hybridized carbons (Fsp3) is 0.867. The first-order chi connectivity index (χ1) is 9.99. The fourth-order valence-electron chi connectivity index (χ4n) is 2.82. The van der Waals surface area contributed by atoms with Crippen LogP contribution in [0.2, 0.25) is 0 Å². The molecule has 2 N–H and O–H groups in total. The third-order valence-electron chi connectivity index (χ3n) is 4.26. The van der Waals surface area contributed by atoms with Crippen LogP contribution in [0.5, 0.6) is 0 Å². The molecule has 6 nitrogen and oxygen atoms in total. The van der Waals surface area contributed by atoms with Crippen LogP contribution in [0.3, 0.4) is 0 Å². The zero-order chi connectivity index (χ0) is 15.4. The molecule has 0 aromatic carbocycles. The van der Waals surface area contributed by atoms with Gasteiger partial charge in [-0.05, 0) is 19.8 Å². The number of hydrogen-bond acceptors (Lipinski definition) is 4. The molecule has 0 aliphatic carbocycles. The highest BCUT2D eigenvalue weighted by Crippen LogP contribution is 2.15. The summed E-state index contributed by atoms with van der Waals surface area (Å²) in [7, 11) is 0. The number of nitrogens with one attached hydrogen (secondary N) is 2. The van der Waals surface area contributed by atoms with Crippen molar-refractivity contribution < 1.29 is 14.3 Å². The maximum Gasteiger partial charge on any atom is 0.242 e. The summed E-state index contributed by atoms with van der Waals surface area (Å²) < 4.78 is 5.54. The van der Waals surface area contributed by atoms with E-state index in [1.165, 1.54) is 0 Å². The third kappa shape index (κ3) is 4.83. The van der Waals surface area contributed by atoms with Crippen molar-refractivity contribution in [1.29, 1.82) is 0 Å². The number of ether oxygens (including phenoxy) is 1. The molecule has 0 bridgehead atoms. The van der Waals surface area contributed by atoms with Gasteiger partial charge in [0.2, 0.25) is 11.8 Å². The van der Waals surface area contributed by atoms with Crippen LogP contribution in [0.25, 0.3) is 0 Å². The summed E-state index contributed by atoms with van der Waals surface area (Å²) >= 11 is 0. The first-order valence-corrected chi connectivity index (χ1v) is 7.93. The van der Waals surface area contributed by atoms with E-state index in [9.17, 15) is 9.59 Å². The van der Waals surface area contributed by atoms with Crippen LogP contribution in [0.1, 0.15) is 33.6 Å². The normalized spacial score (nSPS) is 26.5. The second kappa shape index (κ2) is 8.70. The average Bonchev–Trinajstić information content (AvgIpc) is 2.47. The average molecular weight is 334 g/mol. The number of morpholine rings is 1. The SMILES string of the molecule is CC(C)C(=O)NC1CCN(C(=O)[C@H]2NCCO[C@@H]2C)CC1.Cl. The summed E-state index contributed by atoms with van der Waals surface area (Å²) in [5.41, 5.74) is 0. The monoisotopic (exact) mass is 333 g/mol. The van der Waals surface area contributed by atoms with E-state index >= 15 is 0 Å². The van der Waals surface area contributed by atoms with Gasteiger partial charge in [-0.2, -0.15) is 0 Å². The van der Waals surface area contributed by atoms with Gasteiger partial charge >= 0.3 is 0 Å². The van der Waals surface area contributed by atoms with E-state index < -0.39 is 0 Å². The summed E-state index contributed by atoms with van der Waals surface area (Å²) in [5, 5.41) is 6.29. The lowest BCUT2D eigenvalue weighted by molar-refractivity contribution is -0.140. The molecule has 0 aromatic rings. The van der Waals surface area contributed by atoms with E-state index in [0.717, 1.165) is 19.4 Å². The Morgan fingerprint density at radius 2 is 1.91 bits per heavy atom. The summed E-state index contributed by atoms with van der Waals surface area (Å²) in [6.07, 6.45) is 1.57. The first kappa shape index (κ1) is 19.2. The molecule has 2 aliphatic heterocycles. The predicted octanol–water partition coefficient (Wildman–Crippen LogP) is 0.548. The Balaban J connectivity index is 0.00000242. The van der Waals surface area contributed by atoms with Gasteiger partial charge < -0.3 is 20.3 Å². The molecule has 0 radical (unpaired) electrons. The zero-order valence-electron chi connectivity index (χ0n) is 13.6. The van der Waals surface area contributed by atoms with Crippen molar-refractivity contribution in [2.45, 2.75) is 51.8 Å². The summed E-state index contributed by atoms with van der Waals surface area (Å²) in [5.74, 6) is 0.223. The molecule has 0 aromatic heterocycles. The number of nitrogens with zero attached hydrogens (tertiary/aromatic N) is 1. The van der Waals surface area contributed by atoms with Gasteiger partial charge in [0.15, 0.2) is 0 Å². The highest BCUT2D eigenvalue weighted by Gasteiger charge is 2.33. The van der Waals surface area contributed by atoms with Crippen molar-refractivity contribution >= 4 is 24.2 Å². The van der Waals surface area contributed by atoms with Crippen molar-refractivity contribution in [3.8, 4) is 0 Å². The van der Waals surface area contributed by atoms with Gasteiger partial charge in [-0.3, -0.25) is 9.59 Å². The van der Waals surface area contributed by atoms with Gasteiger partial charge in [0.05, 0.1) is 12.7 Å². The number of amides is 2. The molecule has 2 heterocycles. The first-order valence-electron chi connectivity index (χ1n) is 7.93. The van der Waals surface area contributed by atoms with Gasteiger partial charge in [0.1, 0.15) is 6.04 Å². The number of halogens is 1. The van der Waals surface area contributed by atoms with Gasteiger partial charge in [-0.25, -0.2) is 0 Å². The van der Waals surface area contributed by atoms with Crippen LogP contribution in [0, 0.1) is 5.92 Å². The summed E-state index contributed by atoms with van der Waals surface area (Å²) in [6.45, 7) is 8.51. The molecule has 2 aliphatic rings. The van der Waals surface area contributed by atoms with E-state index in [0.29, 0.717) is 19.7 Å². The Kier molecular flexibility index (Phi) is 7.59. The number of carbonyl (C=O) groups excluding carboxylic acids is 2. The Morgan fingerprint density at radius 3 is 2.45 bits per heavy atom. The van der Waals surface area contributed by atoms with E-state index in [4.69, 9.17) is 4.74 Å². The third-order valence-corrected chi connectivity index (χ3v) is 4.26. The van der Waals surface area contributed by atoms with Crippen LogP contribution in [-0.4, -0.2) is 61.1 Å². The highest BCUT2D eigenvalue weighted by molar-refractivity contribution is 5.85. The zero-order valence-corrected chi connectivity index (χ0v) is 14.4. The lowest BCUT2D eigenvalue weighted by Crippen LogP contribution is -2.58. The molecule has 2 amide bonds. The molecule has 2 rings (SSSR count). The molecular weight excluding hydrogens is 306 g/mol. The van der Waals surface area contributed by atoms with E-state index in [2.05, 4.69) is 10.6 Å². The van der Waals surface area contributed by atoms with Crippen LogP contribution in [0.4, 0.5) is 0 Å². The topological polar surface area (TPSA) is 70.7 Å². The molecule has 2 atom stereocenters. The molecule has 128 valence electrons. The minimum atomic E-state index is -0.236. The van der Waals surface area contributed by atoms with E-state index in [-0.39, 0.29) is 48.3 Å². The molecular formula is C15H28ClN3O3. The Morgan fingerprint density at radius 1 is 1.27 bits per heavy atom. The van der Waals surface area contributed by atoms with Crippen LogP contribution < -0.4 is 10.6 Å². The van der Waals surface area contributed by atoms with Crippen molar-refractivity contribution in [1.82, 2.24) is 15.5 Å². The Bertz CT molecular complexity index is 384. The van der Waals surface area contributed by atoms with E-state index in [1.54, 1.807) is 0 Å². The summed E-state index contributed by atoms with van der Waals surface area (Å²) in [4.78, 5) is 26.1. The van der Waals surface area contributed by atoms with Crippen molar-refractivity contribution in [2.24, 2.45) is 5.92 Å². The maximum absolute atomic E-state index is 12.5. The predicted molar refractivity (Wildman–Crippen MR) is 87.0 cm³/mol. The van der Waals surface area contributed by atoms with Gasteiger partial charge in [-0.1, -0.05) is 13.8 Å². The molecule has 7 heteroatoms. The second-order valence-electron chi connectivity index (χ2n) is 6.27. The smallest absolute Gasteiger partial charge is 0.242 e. The van der Waals surface area contributed by atoms with Gasteiger partial charge in [-0.15, -0.1) is 12.4 Å². The lowest BCUT2D eigenvalue weighted by Gasteiger charge is -2.37. The highest BCUT2D eigenvalue weighted by atomic mass is 35.5. The molecule has 22 heavy (non-hydrogen) atoms. The number of piperidine rings is 1. The van der Waals surface area contributed by atoms with Crippen LogP contribution in [-0.2, 0) is 14.3 Å². The van der Waals surface area contributed by atoms with Crippen LogP contribution in [0.15, 0.2) is 0 Å². The van der Waals surface area contributed by atoms with Crippen molar-refractivity contribution in [2.75, 3.05) is 26.2 Å². The lowest BCUT2D eigenvalue weighted by atomic mass is 10.0.